The number of fused-ring (bicyclic) bond motifs is 1. The standard InChI is InChI=1S/C21H20Cl2N4O2/c1-14-5-6-18-24-11-16(21(29)27(18)12-14)20(28)26-9-7-25(8-10-26)13-15-3-2-4-17(22)19(15)23/h2-6,11-12H,7-10,13H2,1H3. The van der Waals surface area contributed by atoms with Crippen LogP contribution in [0.5, 0.6) is 0 Å². The molecule has 1 aromatic carbocycles. The van der Waals surface area contributed by atoms with Crippen LogP contribution in [0.1, 0.15) is 21.5 Å². The van der Waals surface area contributed by atoms with Gasteiger partial charge in [0.1, 0.15) is 11.2 Å². The molecule has 3 heterocycles. The van der Waals surface area contributed by atoms with Crippen molar-refractivity contribution in [2.24, 2.45) is 0 Å². The summed E-state index contributed by atoms with van der Waals surface area (Å²) in [6.07, 6.45) is 3.08. The molecule has 6 nitrogen and oxygen atoms in total. The number of carbonyl (C=O) groups is 1. The van der Waals surface area contributed by atoms with Gasteiger partial charge in [0, 0.05) is 45.1 Å². The Bertz CT molecular complexity index is 1140. The van der Waals surface area contributed by atoms with Crippen LogP contribution in [-0.4, -0.2) is 51.3 Å². The molecule has 0 atom stereocenters. The first-order valence-electron chi connectivity index (χ1n) is 9.36. The first-order valence-corrected chi connectivity index (χ1v) is 10.1. The zero-order valence-electron chi connectivity index (χ0n) is 15.9. The molecule has 4 rings (SSSR count). The maximum atomic E-state index is 12.9. The molecular weight excluding hydrogens is 411 g/mol. The lowest BCUT2D eigenvalue weighted by atomic mass is 10.2. The maximum absolute atomic E-state index is 12.9. The average Bonchev–Trinajstić information content (AvgIpc) is 2.72. The van der Waals surface area contributed by atoms with Crippen LogP contribution in [-0.2, 0) is 6.54 Å². The Morgan fingerprint density at radius 2 is 1.86 bits per heavy atom. The minimum absolute atomic E-state index is 0.0967. The lowest BCUT2D eigenvalue weighted by molar-refractivity contribution is 0.0626. The molecule has 3 aromatic rings. The third-order valence-corrected chi connectivity index (χ3v) is 6.02. The summed E-state index contributed by atoms with van der Waals surface area (Å²) >= 11 is 12.4. The summed E-state index contributed by atoms with van der Waals surface area (Å²) in [5, 5.41) is 1.11. The van der Waals surface area contributed by atoms with Crippen LogP contribution < -0.4 is 5.56 Å². The van der Waals surface area contributed by atoms with Gasteiger partial charge in [-0.05, 0) is 30.2 Å². The Morgan fingerprint density at radius 3 is 2.62 bits per heavy atom. The number of hydrogen-bond acceptors (Lipinski definition) is 4. The van der Waals surface area contributed by atoms with Crippen molar-refractivity contribution in [2.75, 3.05) is 26.2 Å². The third-order valence-electron chi connectivity index (χ3n) is 5.17. The van der Waals surface area contributed by atoms with Gasteiger partial charge in [-0.2, -0.15) is 0 Å². The van der Waals surface area contributed by atoms with E-state index in [1.807, 2.05) is 25.1 Å². The Morgan fingerprint density at radius 1 is 1.10 bits per heavy atom. The van der Waals surface area contributed by atoms with Crippen molar-refractivity contribution in [3.8, 4) is 0 Å². The summed E-state index contributed by atoms with van der Waals surface area (Å²) in [7, 11) is 0. The molecule has 0 bridgehead atoms. The normalized spacial score (nSPS) is 15.1. The molecule has 0 unspecified atom stereocenters. The van der Waals surface area contributed by atoms with Gasteiger partial charge in [-0.15, -0.1) is 0 Å². The Hall–Kier alpha value is -2.41. The molecule has 2 aromatic heterocycles. The molecule has 8 heteroatoms. The maximum Gasteiger partial charge on any atom is 0.270 e. The van der Waals surface area contributed by atoms with Gasteiger partial charge in [-0.1, -0.05) is 41.4 Å². The molecule has 0 spiro atoms. The van der Waals surface area contributed by atoms with Crippen molar-refractivity contribution >= 4 is 34.8 Å². The lowest BCUT2D eigenvalue weighted by Gasteiger charge is -2.34. The first-order chi connectivity index (χ1) is 13.9. The molecule has 1 aliphatic rings. The summed E-state index contributed by atoms with van der Waals surface area (Å²) in [6, 6.07) is 9.25. The number of halogens is 2. The summed E-state index contributed by atoms with van der Waals surface area (Å²) in [4.78, 5) is 33.9. The molecule has 0 radical (unpaired) electrons. The number of nitrogens with zero attached hydrogens (tertiary/aromatic N) is 4. The number of amides is 1. The van der Waals surface area contributed by atoms with Crippen LogP contribution in [0.4, 0.5) is 0 Å². The van der Waals surface area contributed by atoms with Crippen molar-refractivity contribution in [3.63, 3.8) is 0 Å². The fourth-order valence-electron chi connectivity index (χ4n) is 3.52. The van der Waals surface area contributed by atoms with E-state index in [0.29, 0.717) is 48.4 Å². The molecule has 0 N–H and O–H groups in total. The van der Waals surface area contributed by atoms with Crippen LogP contribution in [0.25, 0.3) is 5.65 Å². The zero-order valence-corrected chi connectivity index (χ0v) is 17.5. The molecule has 1 saturated heterocycles. The first kappa shape index (κ1) is 19.9. The lowest BCUT2D eigenvalue weighted by Crippen LogP contribution is -2.49. The summed E-state index contributed by atoms with van der Waals surface area (Å²) in [5.74, 6) is -0.279. The van der Waals surface area contributed by atoms with Crippen molar-refractivity contribution in [3.05, 3.63) is 79.8 Å². The predicted octanol–water partition coefficient (Wildman–Crippen LogP) is 3.27. The third kappa shape index (κ3) is 4.01. The van der Waals surface area contributed by atoms with E-state index in [2.05, 4.69) is 9.88 Å². The van der Waals surface area contributed by atoms with E-state index < -0.39 is 0 Å². The number of rotatable bonds is 3. The second-order valence-corrected chi connectivity index (χ2v) is 7.98. The van der Waals surface area contributed by atoms with Gasteiger partial charge < -0.3 is 4.90 Å². The Kier molecular flexibility index (Phi) is 5.58. The van der Waals surface area contributed by atoms with Crippen molar-refractivity contribution in [1.82, 2.24) is 19.2 Å². The van der Waals surface area contributed by atoms with Gasteiger partial charge in [-0.25, -0.2) is 4.98 Å². The van der Waals surface area contributed by atoms with E-state index in [9.17, 15) is 9.59 Å². The number of carbonyl (C=O) groups excluding carboxylic acids is 1. The molecule has 1 amide bonds. The zero-order chi connectivity index (χ0) is 20.5. The number of benzene rings is 1. The number of pyridine rings is 1. The van der Waals surface area contributed by atoms with Crippen molar-refractivity contribution in [1.29, 1.82) is 0 Å². The fraction of sp³-hybridized carbons (Fsp3) is 0.286. The van der Waals surface area contributed by atoms with Gasteiger partial charge in [-0.3, -0.25) is 18.9 Å². The van der Waals surface area contributed by atoms with Crippen molar-refractivity contribution < 1.29 is 4.79 Å². The highest BCUT2D eigenvalue weighted by molar-refractivity contribution is 6.42. The SMILES string of the molecule is Cc1ccc2ncc(C(=O)N3CCN(Cc4cccc(Cl)c4Cl)CC3)c(=O)n2c1. The van der Waals surface area contributed by atoms with Crippen LogP contribution in [0.2, 0.25) is 10.0 Å². The van der Waals surface area contributed by atoms with Gasteiger partial charge in [0.15, 0.2) is 0 Å². The number of piperazine rings is 1. The Labute approximate surface area is 178 Å². The molecule has 29 heavy (non-hydrogen) atoms. The molecule has 150 valence electrons. The summed E-state index contributed by atoms with van der Waals surface area (Å²) < 4.78 is 1.43. The van der Waals surface area contributed by atoms with E-state index in [4.69, 9.17) is 23.2 Å². The predicted molar refractivity (Wildman–Crippen MR) is 114 cm³/mol. The number of aromatic nitrogens is 2. The number of hydrogen-bond donors (Lipinski definition) is 0. The monoisotopic (exact) mass is 430 g/mol. The van der Waals surface area contributed by atoms with E-state index in [-0.39, 0.29) is 17.0 Å². The van der Waals surface area contributed by atoms with Gasteiger partial charge in [0.2, 0.25) is 0 Å². The molecule has 1 fully saturated rings. The van der Waals surface area contributed by atoms with Gasteiger partial charge in [0.05, 0.1) is 10.0 Å². The average molecular weight is 431 g/mol. The molecular formula is C21H20Cl2N4O2. The largest absolute Gasteiger partial charge is 0.336 e. The van der Waals surface area contributed by atoms with Gasteiger partial charge >= 0.3 is 0 Å². The van der Waals surface area contributed by atoms with E-state index in [0.717, 1.165) is 11.1 Å². The topological polar surface area (TPSA) is 57.9 Å². The van der Waals surface area contributed by atoms with E-state index >= 15 is 0 Å². The van der Waals surface area contributed by atoms with Crippen molar-refractivity contribution in [2.45, 2.75) is 13.5 Å². The minimum atomic E-state index is -0.336. The van der Waals surface area contributed by atoms with E-state index in [1.54, 1.807) is 23.2 Å². The Balaban J connectivity index is 1.47. The quantitative estimate of drug-likeness (QED) is 0.639. The molecule has 1 aliphatic heterocycles. The molecule has 0 aliphatic carbocycles. The second-order valence-electron chi connectivity index (χ2n) is 7.19. The highest BCUT2D eigenvalue weighted by atomic mass is 35.5. The number of aryl methyl sites for hydroxylation is 1. The van der Waals surface area contributed by atoms with E-state index in [1.165, 1.54) is 10.6 Å². The van der Waals surface area contributed by atoms with Crippen LogP contribution in [0, 0.1) is 6.92 Å². The van der Waals surface area contributed by atoms with Crippen LogP contribution >= 0.6 is 23.2 Å². The fourth-order valence-corrected chi connectivity index (χ4v) is 3.90. The summed E-state index contributed by atoms with van der Waals surface area (Å²) in [5.41, 5.74) is 2.18. The highest BCUT2D eigenvalue weighted by Gasteiger charge is 2.25. The minimum Gasteiger partial charge on any atom is -0.336 e. The smallest absolute Gasteiger partial charge is 0.270 e. The highest BCUT2D eigenvalue weighted by Crippen LogP contribution is 2.26. The summed E-state index contributed by atoms with van der Waals surface area (Å²) in [6.45, 7) is 5.01. The van der Waals surface area contributed by atoms with Crippen LogP contribution in [0.3, 0.4) is 0 Å². The second kappa shape index (κ2) is 8.14. The van der Waals surface area contributed by atoms with Gasteiger partial charge in [0.25, 0.3) is 11.5 Å². The molecule has 0 saturated carbocycles. The van der Waals surface area contributed by atoms with Crippen LogP contribution in [0.15, 0.2) is 47.5 Å².